The zero-order chi connectivity index (χ0) is 13.8. The molecular formula is C16H24N4. The van der Waals surface area contributed by atoms with Crippen LogP contribution in [0.2, 0.25) is 0 Å². The lowest BCUT2D eigenvalue weighted by atomic mass is 10.0. The van der Waals surface area contributed by atoms with Gasteiger partial charge in [0.15, 0.2) is 0 Å². The lowest BCUT2D eigenvalue weighted by Crippen LogP contribution is -2.45. The van der Waals surface area contributed by atoms with Crippen LogP contribution in [0.25, 0.3) is 11.0 Å². The first-order valence-corrected chi connectivity index (χ1v) is 7.74. The van der Waals surface area contributed by atoms with Gasteiger partial charge in [-0.05, 0) is 50.0 Å². The van der Waals surface area contributed by atoms with Gasteiger partial charge in [-0.15, -0.1) is 0 Å². The maximum Gasteiger partial charge on any atom is 0.137 e. The van der Waals surface area contributed by atoms with E-state index in [4.69, 9.17) is 0 Å². The summed E-state index contributed by atoms with van der Waals surface area (Å²) < 4.78 is 0. The van der Waals surface area contributed by atoms with Crippen LogP contribution in [-0.4, -0.2) is 40.5 Å². The highest BCUT2D eigenvalue weighted by atomic mass is 15.2. The molecule has 1 aliphatic rings. The molecule has 2 N–H and O–H groups in total. The predicted octanol–water partition coefficient (Wildman–Crippen LogP) is 2.53. The molecule has 1 atom stereocenters. The molecule has 4 nitrogen and oxygen atoms in total. The van der Waals surface area contributed by atoms with Gasteiger partial charge in [0.2, 0.25) is 0 Å². The molecular weight excluding hydrogens is 248 g/mol. The Morgan fingerprint density at radius 3 is 3.20 bits per heavy atom. The molecule has 0 saturated carbocycles. The van der Waals surface area contributed by atoms with Gasteiger partial charge in [-0.3, -0.25) is 4.90 Å². The minimum atomic E-state index is 0.672. The number of hydrogen-bond donors (Lipinski definition) is 2. The van der Waals surface area contributed by atoms with Gasteiger partial charge in [-0.1, -0.05) is 6.92 Å². The van der Waals surface area contributed by atoms with E-state index in [1.165, 1.54) is 43.3 Å². The molecule has 1 unspecified atom stereocenters. The molecule has 4 heteroatoms. The fourth-order valence-corrected chi connectivity index (χ4v) is 3.19. The number of fused-ring (bicyclic) bond motifs is 1. The van der Waals surface area contributed by atoms with Crippen LogP contribution in [0.4, 0.5) is 0 Å². The molecule has 0 bridgehead atoms. The van der Waals surface area contributed by atoms with E-state index in [1.807, 2.05) is 12.3 Å². The van der Waals surface area contributed by atoms with Crippen molar-refractivity contribution in [2.45, 2.75) is 38.8 Å². The van der Waals surface area contributed by atoms with Crippen LogP contribution >= 0.6 is 0 Å². The average Bonchev–Trinajstić information content (AvgIpc) is 2.91. The fraction of sp³-hybridized carbons (Fsp3) is 0.562. The number of rotatable bonds is 5. The first-order valence-electron chi connectivity index (χ1n) is 7.74. The smallest absolute Gasteiger partial charge is 0.137 e. The van der Waals surface area contributed by atoms with Crippen molar-refractivity contribution in [1.29, 1.82) is 0 Å². The summed E-state index contributed by atoms with van der Waals surface area (Å²) in [5.41, 5.74) is 2.37. The van der Waals surface area contributed by atoms with Crippen LogP contribution in [0.15, 0.2) is 24.5 Å². The molecule has 2 aromatic rings. The largest absolute Gasteiger partial charge is 0.346 e. The number of aromatic amines is 1. The molecule has 0 radical (unpaired) electrons. The molecule has 0 amide bonds. The van der Waals surface area contributed by atoms with E-state index >= 15 is 0 Å². The zero-order valence-corrected chi connectivity index (χ0v) is 12.2. The number of aromatic nitrogens is 2. The molecule has 1 aliphatic heterocycles. The summed E-state index contributed by atoms with van der Waals surface area (Å²) in [5.74, 6) is 0. The van der Waals surface area contributed by atoms with Gasteiger partial charge in [0.1, 0.15) is 5.65 Å². The highest BCUT2D eigenvalue weighted by Gasteiger charge is 2.21. The number of nitrogens with zero attached hydrogens (tertiary/aromatic N) is 2. The minimum Gasteiger partial charge on any atom is -0.346 e. The highest BCUT2D eigenvalue weighted by molar-refractivity contribution is 5.79. The second-order valence-electron chi connectivity index (χ2n) is 5.68. The third kappa shape index (κ3) is 2.86. The number of H-pyrrole nitrogens is 1. The van der Waals surface area contributed by atoms with Gasteiger partial charge in [0, 0.05) is 36.9 Å². The van der Waals surface area contributed by atoms with Crippen LogP contribution in [-0.2, 0) is 6.54 Å². The third-order valence-electron chi connectivity index (χ3n) is 4.21. The zero-order valence-electron chi connectivity index (χ0n) is 12.2. The van der Waals surface area contributed by atoms with Crippen molar-refractivity contribution in [3.8, 4) is 0 Å². The van der Waals surface area contributed by atoms with Crippen LogP contribution in [0.3, 0.4) is 0 Å². The third-order valence-corrected chi connectivity index (χ3v) is 4.21. The van der Waals surface area contributed by atoms with Gasteiger partial charge >= 0.3 is 0 Å². The summed E-state index contributed by atoms with van der Waals surface area (Å²) in [5, 5.41) is 4.79. The highest BCUT2D eigenvalue weighted by Crippen LogP contribution is 2.20. The number of piperidine rings is 1. The Hall–Kier alpha value is -1.39. The van der Waals surface area contributed by atoms with Gasteiger partial charge < -0.3 is 10.3 Å². The Balaban J connectivity index is 1.78. The van der Waals surface area contributed by atoms with Crippen molar-refractivity contribution >= 4 is 11.0 Å². The second kappa shape index (κ2) is 6.37. The summed E-state index contributed by atoms with van der Waals surface area (Å²) in [6.45, 7) is 6.75. The number of hydrogen-bond acceptors (Lipinski definition) is 3. The van der Waals surface area contributed by atoms with E-state index in [1.54, 1.807) is 0 Å². The fourth-order valence-electron chi connectivity index (χ4n) is 3.19. The number of nitrogens with one attached hydrogen (secondary N) is 2. The van der Waals surface area contributed by atoms with E-state index in [-0.39, 0.29) is 0 Å². The van der Waals surface area contributed by atoms with Crippen molar-refractivity contribution < 1.29 is 0 Å². The molecule has 3 rings (SSSR count). The molecule has 0 spiro atoms. The standard InChI is InChI=1S/C16H24N4/c1-2-9-20(14-5-3-7-17-11-14)12-13-10-19-16-15(13)6-4-8-18-16/h4,6,8,10,14,17H,2-3,5,7,9,11-12H2,1H3,(H,18,19). The van der Waals surface area contributed by atoms with Gasteiger partial charge in [0.05, 0.1) is 0 Å². The Kier molecular flexibility index (Phi) is 4.33. The monoisotopic (exact) mass is 272 g/mol. The van der Waals surface area contributed by atoms with E-state index in [2.05, 4.69) is 39.4 Å². The van der Waals surface area contributed by atoms with Crippen LogP contribution < -0.4 is 5.32 Å². The molecule has 1 saturated heterocycles. The van der Waals surface area contributed by atoms with Crippen LogP contribution in [0.5, 0.6) is 0 Å². The molecule has 0 aromatic carbocycles. The normalized spacial score (nSPS) is 19.8. The maximum atomic E-state index is 4.38. The first-order chi connectivity index (χ1) is 9.88. The van der Waals surface area contributed by atoms with Crippen molar-refractivity contribution in [2.75, 3.05) is 19.6 Å². The van der Waals surface area contributed by atoms with E-state index in [0.717, 1.165) is 18.7 Å². The first kappa shape index (κ1) is 13.6. The summed E-state index contributed by atoms with van der Waals surface area (Å²) in [7, 11) is 0. The summed E-state index contributed by atoms with van der Waals surface area (Å²) >= 11 is 0. The second-order valence-corrected chi connectivity index (χ2v) is 5.68. The van der Waals surface area contributed by atoms with Crippen molar-refractivity contribution in [2.24, 2.45) is 0 Å². The molecule has 1 fully saturated rings. The summed E-state index contributed by atoms with van der Waals surface area (Å²) in [6, 6.07) is 4.86. The lowest BCUT2D eigenvalue weighted by Gasteiger charge is -2.34. The minimum absolute atomic E-state index is 0.672. The summed E-state index contributed by atoms with van der Waals surface area (Å²) in [4.78, 5) is 10.3. The maximum absolute atomic E-state index is 4.38. The Morgan fingerprint density at radius 2 is 2.40 bits per heavy atom. The Labute approximate surface area is 120 Å². The van der Waals surface area contributed by atoms with Crippen molar-refractivity contribution in [3.63, 3.8) is 0 Å². The topological polar surface area (TPSA) is 44.0 Å². The predicted molar refractivity (Wildman–Crippen MR) is 82.7 cm³/mol. The van der Waals surface area contributed by atoms with Gasteiger partial charge in [-0.25, -0.2) is 4.98 Å². The van der Waals surface area contributed by atoms with Gasteiger partial charge in [0.25, 0.3) is 0 Å². The average molecular weight is 272 g/mol. The Morgan fingerprint density at radius 1 is 1.45 bits per heavy atom. The van der Waals surface area contributed by atoms with E-state index in [9.17, 15) is 0 Å². The molecule has 0 aliphatic carbocycles. The van der Waals surface area contributed by atoms with Crippen LogP contribution in [0, 0.1) is 0 Å². The quantitative estimate of drug-likeness (QED) is 0.879. The van der Waals surface area contributed by atoms with Crippen LogP contribution in [0.1, 0.15) is 31.7 Å². The van der Waals surface area contributed by atoms with E-state index in [0.29, 0.717) is 6.04 Å². The SMILES string of the molecule is CCCN(Cc1c[nH]c2ncccc12)C1CCCNC1. The van der Waals surface area contributed by atoms with Crippen molar-refractivity contribution in [1.82, 2.24) is 20.2 Å². The molecule has 20 heavy (non-hydrogen) atoms. The lowest BCUT2D eigenvalue weighted by molar-refractivity contribution is 0.158. The molecule has 3 heterocycles. The molecule has 108 valence electrons. The van der Waals surface area contributed by atoms with E-state index < -0.39 is 0 Å². The van der Waals surface area contributed by atoms with Crippen molar-refractivity contribution in [3.05, 3.63) is 30.1 Å². The molecule has 2 aromatic heterocycles. The van der Waals surface area contributed by atoms with Gasteiger partial charge in [-0.2, -0.15) is 0 Å². The Bertz CT molecular complexity index is 542. The number of pyridine rings is 1. The summed E-state index contributed by atoms with van der Waals surface area (Å²) in [6.07, 6.45) is 7.78.